The van der Waals surface area contributed by atoms with Crippen molar-refractivity contribution in [3.05, 3.63) is 58.7 Å². The Labute approximate surface area is 142 Å². The van der Waals surface area contributed by atoms with Crippen LogP contribution in [0.3, 0.4) is 0 Å². The lowest BCUT2D eigenvalue weighted by atomic mass is 10.1. The van der Waals surface area contributed by atoms with E-state index < -0.39 is 10.0 Å². The standard InChI is InChI=1S/C18H20N2O3S/c1-12-4-5-13(2)17(8-12)24(22,23)19-11-14-6-7-16-15(9-14)10-18(21)20(16)3/h4-9,19H,10-11H2,1-3H3. The van der Waals surface area contributed by atoms with E-state index >= 15 is 0 Å². The van der Waals surface area contributed by atoms with E-state index in [4.69, 9.17) is 0 Å². The molecule has 0 atom stereocenters. The van der Waals surface area contributed by atoms with E-state index in [1.165, 1.54) is 0 Å². The maximum absolute atomic E-state index is 12.5. The summed E-state index contributed by atoms with van der Waals surface area (Å²) in [7, 11) is -1.83. The van der Waals surface area contributed by atoms with Crippen LogP contribution in [0.2, 0.25) is 0 Å². The van der Waals surface area contributed by atoms with Gasteiger partial charge in [0.15, 0.2) is 0 Å². The summed E-state index contributed by atoms with van der Waals surface area (Å²) in [5.74, 6) is 0.0538. The summed E-state index contributed by atoms with van der Waals surface area (Å²) in [6, 6.07) is 11.0. The molecule has 1 aliphatic heterocycles. The normalized spacial score (nSPS) is 14.1. The van der Waals surface area contributed by atoms with Crippen LogP contribution in [0.4, 0.5) is 5.69 Å². The minimum atomic E-state index is -3.57. The fourth-order valence-corrected chi connectivity index (χ4v) is 4.23. The number of benzene rings is 2. The molecule has 6 heteroatoms. The van der Waals surface area contributed by atoms with Crippen molar-refractivity contribution in [1.82, 2.24) is 4.72 Å². The van der Waals surface area contributed by atoms with Crippen LogP contribution in [0.25, 0.3) is 0 Å². The largest absolute Gasteiger partial charge is 0.315 e. The Morgan fingerprint density at radius 2 is 1.88 bits per heavy atom. The fraction of sp³-hybridized carbons (Fsp3) is 0.278. The Bertz CT molecular complexity index is 920. The highest BCUT2D eigenvalue weighted by atomic mass is 32.2. The SMILES string of the molecule is Cc1ccc(C)c(S(=O)(=O)NCc2ccc3c(c2)CC(=O)N3C)c1. The van der Waals surface area contributed by atoms with Gasteiger partial charge in [-0.25, -0.2) is 13.1 Å². The molecule has 3 rings (SSSR count). The summed E-state index contributed by atoms with van der Waals surface area (Å²) in [6.07, 6.45) is 0.364. The average molecular weight is 344 g/mol. The Hall–Kier alpha value is -2.18. The zero-order valence-corrected chi connectivity index (χ0v) is 14.8. The molecule has 2 aromatic rings. The first-order valence-corrected chi connectivity index (χ1v) is 9.21. The van der Waals surface area contributed by atoms with Crippen LogP contribution < -0.4 is 9.62 Å². The highest BCUT2D eigenvalue weighted by Gasteiger charge is 2.24. The zero-order valence-electron chi connectivity index (χ0n) is 14.0. The van der Waals surface area contributed by atoms with E-state index in [2.05, 4.69) is 4.72 Å². The van der Waals surface area contributed by atoms with Crippen molar-refractivity contribution >= 4 is 21.6 Å². The van der Waals surface area contributed by atoms with Crippen LogP contribution in [-0.4, -0.2) is 21.4 Å². The van der Waals surface area contributed by atoms with Gasteiger partial charge in [0.05, 0.1) is 11.3 Å². The number of nitrogens with one attached hydrogen (secondary N) is 1. The van der Waals surface area contributed by atoms with Gasteiger partial charge in [0.25, 0.3) is 0 Å². The predicted molar refractivity (Wildman–Crippen MR) is 93.5 cm³/mol. The van der Waals surface area contributed by atoms with Gasteiger partial charge in [-0.05, 0) is 48.2 Å². The summed E-state index contributed by atoms with van der Waals surface area (Å²) in [4.78, 5) is 13.7. The zero-order chi connectivity index (χ0) is 17.5. The first kappa shape index (κ1) is 16.7. The molecule has 1 amide bonds. The summed E-state index contributed by atoms with van der Waals surface area (Å²) < 4.78 is 27.7. The highest BCUT2D eigenvalue weighted by Crippen LogP contribution is 2.28. The molecule has 126 valence electrons. The number of anilines is 1. The van der Waals surface area contributed by atoms with Crippen molar-refractivity contribution in [3.8, 4) is 0 Å². The van der Waals surface area contributed by atoms with Crippen molar-refractivity contribution in [3.63, 3.8) is 0 Å². The van der Waals surface area contributed by atoms with Crippen molar-refractivity contribution in [2.45, 2.75) is 31.7 Å². The summed E-state index contributed by atoms with van der Waals surface area (Å²) >= 11 is 0. The summed E-state index contributed by atoms with van der Waals surface area (Å²) in [5, 5.41) is 0. The maximum Gasteiger partial charge on any atom is 0.241 e. The molecule has 0 saturated heterocycles. The topological polar surface area (TPSA) is 66.5 Å². The molecule has 0 aliphatic carbocycles. The van der Waals surface area contributed by atoms with Gasteiger partial charge in [0.2, 0.25) is 15.9 Å². The minimum absolute atomic E-state index is 0.0538. The lowest BCUT2D eigenvalue weighted by Crippen LogP contribution is -2.24. The van der Waals surface area contributed by atoms with Crippen LogP contribution in [0.5, 0.6) is 0 Å². The molecular formula is C18H20N2O3S. The molecule has 24 heavy (non-hydrogen) atoms. The van der Waals surface area contributed by atoms with Crippen LogP contribution in [-0.2, 0) is 27.8 Å². The van der Waals surface area contributed by atoms with Gasteiger partial charge in [0, 0.05) is 19.3 Å². The molecule has 1 heterocycles. The smallest absolute Gasteiger partial charge is 0.241 e. The maximum atomic E-state index is 12.5. The Balaban J connectivity index is 1.80. The van der Waals surface area contributed by atoms with Gasteiger partial charge < -0.3 is 4.90 Å². The Morgan fingerprint density at radius 3 is 2.62 bits per heavy atom. The monoisotopic (exact) mass is 344 g/mol. The van der Waals surface area contributed by atoms with Gasteiger partial charge in [-0.1, -0.05) is 24.3 Å². The van der Waals surface area contributed by atoms with Gasteiger partial charge in [-0.3, -0.25) is 4.79 Å². The number of carbonyl (C=O) groups is 1. The van der Waals surface area contributed by atoms with E-state index in [0.717, 1.165) is 22.4 Å². The van der Waals surface area contributed by atoms with E-state index in [1.54, 1.807) is 31.0 Å². The van der Waals surface area contributed by atoms with Gasteiger partial charge in [-0.15, -0.1) is 0 Å². The third-order valence-corrected chi connectivity index (χ3v) is 5.86. The minimum Gasteiger partial charge on any atom is -0.315 e. The number of hydrogen-bond donors (Lipinski definition) is 1. The Morgan fingerprint density at radius 1 is 1.12 bits per heavy atom. The van der Waals surface area contributed by atoms with Gasteiger partial charge >= 0.3 is 0 Å². The second-order valence-electron chi connectivity index (χ2n) is 6.19. The fourth-order valence-electron chi connectivity index (χ4n) is 2.89. The highest BCUT2D eigenvalue weighted by molar-refractivity contribution is 7.89. The lowest BCUT2D eigenvalue weighted by Gasteiger charge is -2.12. The van der Waals surface area contributed by atoms with Crippen molar-refractivity contribution in [2.75, 3.05) is 11.9 Å². The molecule has 0 unspecified atom stereocenters. The van der Waals surface area contributed by atoms with Crippen LogP contribution in [0, 0.1) is 13.8 Å². The van der Waals surface area contributed by atoms with E-state index in [9.17, 15) is 13.2 Å². The van der Waals surface area contributed by atoms with Crippen molar-refractivity contribution < 1.29 is 13.2 Å². The van der Waals surface area contributed by atoms with Crippen molar-refractivity contribution in [2.24, 2.45) is 0 Å². The first-order chi connectivity index (χ1) is 11.3. The number of fused-ring (bicyclic) bond motifs is 1. The summed E-state index contributed by atoms with van der Waals surface area (Å²) in [6.45, 7) is 3.85. The van der Waals surface area contributed by atoms with Gasteiger partial charge in [-0.2, -0.15) is 0 Å². The van der Waals surface area contributed by atoms with Crippen molar-refractivity contribution in [1.29, 1.82) is 0 Å². The second kappa shape index (κ2) is 6.03. The molecule has 5 nitrogen and oxygen atoms in total. The Kier molecular flexibility index (Phi) is 4.19. The summed E-state index contributed by atoms with van der Waals surface area (Å²) in [5.41, 5.74) is 4.28. The first-order valence-electron chi connectivity index (χ1n) is 7.73. The second-order valence-corrected chi connectivity index (χ2v) is 7.92. The number of nitrogens with zero attached hydrogens (tertiary/aromatic N) is 1. The van der Waals surface area contributed by atoms with Gasteiger partial charge in [0.1, 0.15) is 0 Å². The molecule has 0 aromatic heterocycles. The van der Waals surface area contributed by atoms with Crippen LogP contribution in [0.1, 0.15) is 22.3 Å². The van der Waals surface area contributed by atoms with E-state index in [-0.39, 0.29) is 12.5 Å². The molecule has 0 spiro atoms. The third kappa shape index (κ3) is 3.07. The van der Waals surface area contributed by atoms with Crippen LogP contribution >= 0.6 is 0 Å². The number of sulfonamides is 1. The number of hydrogen-bond acceptors (Lipinski definition) is 3. The molecule has 1 N–H and O–H groups in total. The predicted octanol–water partition coefficient (Wildman–Crippen LogP) is 2.30. The third-order valence-electron chi connectivity index (χ3n) is 4.32. The molecule has 2 aromatic carbocycles. The molecule has 0 bridgehead atoms. The number of aryl methyl sites for hydroxylation is 2. The molecule has 0 saturated carbocycles. The number of carbonyl (C=O) groups excluding carboxylic acids is 1. The van der Waals surface area contributed by atoms with Crippen LogP contribution in [0.15, 0.2) is 41.3 Å². The molecule has 0 fully saturated rings. The number of amides is 1. The molecular weight excluding hydrogens is 324 g/mol. The number of likely N-dealkylation sites (N-methyl/N-ethyl adjacent to an activating group) is 1. The molecule has 0 radical (unpaired) electrons. The molecule has 1 aliphatic rings. The quantitative estimate of drug-likeness (QED) is 0.925. The number of rotatable bonds is 4. The lowest BCUT2D eigenvalue weighted by molar-refractivity contribution is -0.117. The average Bonchev–Trinajstić information content (AvgIpc) is 2.82. The van der Waals surface area contributed by atoms with E-state index in [0.29, 0.717) is 16.9 Å². The van der Waals surface area contributed by atoms with E-state index in [1.807, 2.05) is 31.2 Å².